The Hall–Kier alpha value is -1.10. The molecular weight excluding hydrogens is 316 g/mol. The monoisotopic (exact) mass is 352 g/mol. The molecule has 0 saturated carbocycles. The molecule has 1 rings (SSSR count). The summed E-state index contributed by atoms with van der Waals surface area (Å²) in [6.45, 7) is 0.839. The van der Waals surface area contributed by atoms with Crippen LogP contribution < -0.4 is 4.74 Å². The molecule has 0 bridgehead atoms. The quantitative estimate of drug-likeness (QED) is 0.392. The van der Waals surface area contributed by atoms with E-state index in [0.717, 1.165) is 76.4 Å². The van der Waals surface area contributed by atoms with Crippen molar-refractivity contribution >= 4 is 0 Å². The first-order valence-electron chi connectivity index (χ1n) is 9.82. The van der Waals surface area contributed by atoms with Crippen molar-refractivity contribution in [3.05, 3.63) is 30.3 Å². The van der Waals surface area contributed by atoms with E-state index >= 15 is 0 Å². The number of hydrogen-bond acceptors (Lipinski definition) is 4. The summed E-state index contributed by atoms with van der Waals surface area (Å²) in [4.78, 5) is 0. The van der Waals surface area contributed by atoms with Crippen molar-refractivity contribution < 1.29 is 20.1 Å². The lowest BCUT2D eigenvalue weighted by Crippen LogP contribution is -2.36. The molecule has 1 aromatic carbocycles. The Kier molecular flexibility index (Phi) is 12.4. The molecular formula is C21H36O4. The lowest BCUT2D eigenvalue weighted by Gasteiger charge is -2.28. The number of para-hydroxylation sites is 1. The number of rotatable bonds is 16. The van der Waals surface area contributed by atoms with E-state index < -0.39 is 5.60 Å². The first-order valence-corrected chi connectivity index (χ1v) is 9.82. The topological polar surface area (TPSA) is 69.9 Å². The van der Waals surface area contributed by atoms with E-state index in [0.29, 0.717) is 6.61 Å². The second-order valence-electron chi connectivity index (χ2n) is 6.96. The Bertz CT molecular complexity index is 410. The van der Waals surface area contributed by atoms with Crippen molar-refractivity contribution in [2.45, 2.75) is 76.2 Å². The second-order valence-corrected chi connectivity index (χ2v) is 6.96. The maximum atomic E-state index is 11.0. The van der Waals surface area contributed by atoms with Crippen molar-refractivity contribution in [3.8, 4) is 5.75 Å². The van der Waals surface area contributed by atoms with E-state index in [1.54, 1.807) is 0 Å². The summed E-state index contributed by atoms with van der Waals surface area (Å²) in [7, 11) is 0. The normalized spacial score (nSPS) is 13.6. The molecule has 0 spiro atoms. The zero-order valence-electron chi connectivity index (χ0n) is 15.5. The van der Waals surface area contributed by atoms with Crippen molar-refractivity contribution in [1.29, 1.82) is 0 Å². The average Bonchev–Trinajstić information content (AvgIpc) is 2.64. The van der Waals surface area contributed by atoms with Crippen LogP contribution in [0.1, 0.15) is 70.6 Å². The molecule has 4 heteroatoms. The van der Waals surface area contributed by atoms with Crippen LogP contribution in [0.5, 0.6) is 5.75 Å². The minimum absolute atomic E-state index is 0.245. The Morgan fingerprint density at radius 3 is 1.68 bits per heavy atom. The number of aliphatic hydroxyl groups is 3. The van der Waals surface area contributed by atoms with Crippen molar-refractivity contribution in [3.63, 3.8) is 0 Å². The molecule has 0 saturated heterocycles. The van der Waals surface area contributed by atoms with E-state index in [-0.39, 0.29) is 13.2 Å². The maximum Gasteiger partial charge on any atom is 0.119 e. The first-order chi connectivity index (χ1) is 12.2. The summed E-state index contributed by atoms with van der Waals surface area (Å²) in [5, 5.41) is 28.7. The molecule has 144 valence electrons. The van der Waals surface area contributed by atoms with Crippen LogP contribution in [0.4, 0.5) is 0 Å². The molecule has 0 aliphatic heterocycles. The summed E-state index contributed by atoms with van der Waals surface area (Å²) < 4.78 is 5.82. The molecule has 0 fully saturated rings. The smallest absolute Gasteiger partial charge is 0.119 e. The van der Waals surface area contributed by atoms with Crippen LogP contribution in [0.3, 0.4) is 0 Å². The molecule has 3 N–H and O–H groups in total. The van der Waals surface area contributed by atoms with E-state index in [4.69, 9.17) is 14.9 Å². The highest BCUT2D eigenvalue weighted by atomic mass is 16.5. The number of benzene rings is 1. The third-order valence-corrected chi connectivity index (χ3v) is 4.60. The van der Waals surface area contributed by atoms with Gasteiger partial charge in [-0.3, -0.25) is 0 Å². The van der Waals surface area contributed by atoms with Gasteiger partial charge in [-0.05, 0) is 37.8 Å². The predicted octanol–water partition coefficient (Wildman–Crippen LogP) is 4.07. The molecule has 0 radical (unpaired) electrons. The fraction of sp³-hybridized carbons (Fsp3) is 0.714. The van der Waals surface area contributed by atoms with E-state index in [2.05, 4.69) is 0 Å². The van der Waals surface area contributed by atoms with E-state index in [9.17, 15) is 5.11 Å². The molecule has 4 nitrogen and oxygen atoms in total. The van der Waals surface area contributed by atoms with Crippen molar-refractivity contribution in [2.75, 3.05) is 19.8 Å². The van der Waals surface area contributed by atoms with Gasteiger partial charge in [-0.1, -0.05) is 63.1 Å². The van der Waals surface area contributed by atoms with Crippen LogP contribution in [0.15, 0.2) is 30.3 Å². The Balaban J connectivity index is 2.38. The molecule has 0 amide bonds. The number of unbranched alkanes of at least 4 members (excludes halogenated alkanes) is 7. The van der Waals surface area contributed by atoms with Gasteiger partial charge in [0.2, 0.25) is 0 Å². The van der Waals surface area contributed by atoms with Gasteiger partial charge in [0.15, 0.2) is 0 Å². The predicted molar refractivity (Wildman–Crippen MR) is 102 cm³/mol. The molecule has 0 aliphatic rings. The zero-order chi connectivity index (χ0) is 18.2. The standard InChI is InChI=1S/C21H36O4/c22-17-11-4-1-2-9-15-21(24,16-10-3-5-12-18-23)19-25-20-13-7-6-8-14-20/h6-8,13-14,22-24H,1-5,9-12,15-19H2. The van der Waals surface area contributed by atoms with Crippen LogP contribution in [0, 0.1) is 0 Å². The van der Waals surface area contributed by atoms with Gasteiger partial charge in [0.05, 0.1) is 5.60 Å². The fourth-order valence-corrected chi connectivity index (χ4v) is 3.02. The highest BCUT2D eigenvalue weighted by Gasteiger charge is 2.27. The van der Waals surface area contributed by atoms with E-state index in [1.165, 1.54) is 0 Å². The lowest BCUT2D eigenvalue weighted by molar-refractivity contribution is -0.0230. The summed E-state index contributed by atoms with van der Waals surface area (Å²) in [5.41, 5.74) is -0.786. The molecule has 0 aromatic heterocycles. The van der Waals surface area contributed by atoms with Crippen LogP contribution >= 0.6 is 0 Å². The summed E-state index contributed by atoms with van der Waals surface area (Å²) in [6.07, 6.45) is 10.4. The highest BCUT2D eigenvalue weighted by molar-refractivity contribution is 5.21. The molecule has 1 aromatic rings. The third kappa shape index (κ3) is 11.2. The fourth-order valence-electron chi connectivity index (χ4n) is 3.02. The zero-order valence-corrected chi connectivity index (χ0v) is 15.5. The van der Waals surface area contributed by atoms with Crippen LogP contribution in [-0.4, -0.2) is 40.7 Å². The third-order valence-electron chi connectivity index (χ3n) is 4.60. The van der Waals surface area contributed by atoms with Gasteiger partial charge in [0, 0.05) is 13.2 Å². The Morgan fingerprint density at radius 1 is 0.680 bits per heavy atom. The van der Waals surface area contributed by atoms with Crippen LogP contribution in [-0.2, 0) is 0 Å². The SMILES string of the molecule is OCCCCCCCC(O)(CCCCCCO)COc1ccccc1. The first kappa shape index (κ1) is 21.9. The minimum atomic E-state index is -0.786. The van der Waals surface area contributed by atoms with Gasteiger partial charge in [0.25, 0.3) is 0 Å². The van der Waals surface area contributed by atoms with Gasteiger partial charge in [-0.2, -0.15) is 0 Å². The summed E-state index contributed by atoms with van der Waals surface area (Å²) in [5.74, 6) is 0.796. The molecule has 25 heavy (non-hydrogen) atoms. The van der Waals surface area contributed by atoms with Gasteiger partial charge < -0.3 is 20.1 Å². The Labute approximate surface area is 152 Å². The molecule has 1 atom stereocenters. The van der Waals surface area contributed by atoms with Crippen molar-refractivity contribution in [1.82, 2.24) is 0 Å². The van der Waals surface area contributed by atoms with Gasteiger partial charge in [-0.15, -0.1) is 0 Å². The molecule has 0 heterocycles. The summed E-state index contributed by atoms with van der Waals surface area (Å²) in [6, 6.07) is 9.65. The number of ether oxygens (including phenoxy) is 1. The Morgan fingerprint density at radius 2 is 1.16 bits per heavy atom. The second kappa shape index (κ2) is 14.1. The van der Waals surface area contributed by atoms with Crippen molar-refractivity contribution in [2.24, 2.45) is 0 Å². The van der Waals surface area contributed by atoms with Gasteiger partial charge in [-0.25, -0.2) is 0 Å². The average molecular weight is 353 g/mol. The van der Waals surface area contributed by atoms with Gasteiger partial charge >= 0.3 is 0 Å². The molecule has 0 aliphatic carbocycles. The largest absolute Gasteiger partial charge is 0.491 e. The maximum absolute atomic E-state index is 11.0. The summed E-state index contributed by atoms with van der Waals surface area (Å²) >= 11 is 0. The highest BCUT2D eigenvalue weighted by Crippen LogP contribution is 2.25. The van der Waals surface area contributed by atoms with Crippen LogP contribution in [0.2, 0.25) is 0 Å². The minimum Gasteiger partial charge on any atom is -0.491 e. The lowest BCUT2D eigenvalue weighted by atomic mass is 9.90. The number of hydrogen-bond donors (Lipinski definition) is 3. The van der Waals surface area contributed by atoms with E-state index in [1.807, 2.05) is 30.3 Å². The van der Waals surface area contributed by atoms with Crippen LogP contribution in [0.25, 0.3) is 0 Å². The molecule has 1 unspecified atom stereocenters. The van der Waals surface area contributed by atoms with Gasteiger partial charge in [0.1, 0.15) is 12.4 Å². The number of aliphatic hydroxyl groups excluding tert-OH is 2.